The number of rotatable bonds is 5. The number of pyridine rings is 1. The lowest BCUT2D eigenvalue weighted by Gasteiger charge is -2.23. The molecule has 1 aromatic rings. The highest BCUT2D eigenvalue weighted by molar-refractivity contribution is 5.79. The van der Waals surface area contributed by atoms with Gasteiger partial charge in [-0.3, -0.25) is 15.4 Å². The van der Waals surface area contributed by atoms with Gasteiger partial charge in [-0.05, 0) is 32.4 Å². The minimum Gasteiger partial charge on any atom is -0.336 e. The van der Waals surface area contributed by atoms with Crippen LogP contribution >= 0.6 is 0 Å². The van der Waals surface area contributed by atoms with Crippen molar-refractivity contribution in [3.8, 4) is 0 Å². The molecule has 5 heteroatoms. The Balaban J connectivity index is 2.77. The largest absolute Gasteiger partial charge is 0.336 e. The zero-order valence-electron chi connectivity index (χ0n) is 11.5. The molecule has 0 spiro atoms. The molecule has 0 fully saturated rings. The van der Waals surface area contributed by atoms with Crippen LogP contribution < -0.4 is 11.3 Å². The standard InChI is InChI=1S/C13H23N5/c1-4-9-15-13(17-14)18(5-2)10-12-8-6-7-11(3)16-12/h6-8H,4-5,9-10,14H2,1-3H3,(H,15,17). The van der Waals surface area contributed by atoms with Gasteiger partial charge in [-0.1, -0.05) is 13.0 Å². The molecule has 1 heterocycles. The van der Waals surface area contributed by atoms with Crippen LogP contribution in [0, 0.1) is 6.92 Å². The van der Waals surface area contributed by atoms with E-state index in [4.69, 9.17) is 5.84 Å². The summed E-state index contributed by atoms with van der Waals surface area (Å²) < 4.78 is 0. The van der Waals surface area contributed by atoms with E-state index in [0.717, 1.165) is 36.9 Å². The van der Waals surface area contributed by atoms with Crippen molar-refractivity contribution in [2.75, 3.05) is 13.1 Å². The molecule has 100 valence electrons. The Labute approximate surface area is 109 Å². The molecule has 0 aliphatic carbocycles. The van der Waals surface area contributed by atoms with E-state index in [0.29, 0.717) is 6.54 Å². The van der Waals surface area contributed by atoms with Crippen LogP contribution in [0.15, 0.2) is 23.2 Å². The molecule has 0 saturated heterocycles. The van der Waals surface area contributed by atoms with Gasteiger partial charge < -0.3 is 4.90 Å². The number of hydrogen-bond donors (Lipinski definition) is 2. The van der Waals surface area contributed by atoms with E-state index in [1.54, 1.807) is 0 Å². The molecule has 3 N–H and O–H groups in total. The third-order valence-corrected chi connectivity index (χ3v) is 2.59. The van der Waals surface area contributed by atoms with Crippen molar-refractivity contribution in [1.29, 1.82) is 0 Å². The van der Waals surface area contributed by atoms with Crippen molar-refractivity contribution in [2.24, 2.45) is 10.8 Å². The molecule has 0 aliphatic heterocycles. The van der Waals surface area contributed by atoms with Gasteiger partial charge in [0, 0.05) is 18.8 Å². The molecule has 0 aliphatic rings. The van der Waals surface area contributed by atoms with E-state index in [1.165, 1.54) is 0 Å². The molecule has 0 amide bonds. The monoisotopic (exact) mass is 249 g/mol. The molecule has 5 nitrogen and oxygen atoms in total. The molecular weight excluding hydrogens is 226 g/mol. The maximum Gasteiger partial charge on any atom is 0.208 e. The number of aryl methyl sites for hydroxylation is 1. The van der Waals surface area contributed by atoms with Gasteiger partial charge >= 0.3 is 0 Å². The second-order valence-corrected chi connectivity index (χ2v) is 4.13. The first-order valence-electron chi connectivity index (χ1n) is 6.39. The Kier molecular flexibility index (Phi) is 6.14. The van der Waals surface area contributed by atoms with Crippen LogP contribution in [-0.2, 0) is 6.54 Å². The van der Waals surface area contributed by atoms with Crippen LogP contribution in [0.3, 0.4) is 0 Å². The van der Waals surface area contributed by atoms with Gasteiger partial charge in [0.15, 0.2) is 0 Å². The minimum atomic E-state index is 0.713. The number of guanidine groups is 1. The number of nitrogens with one attached hydrogen (secondary N) is 1. The number of aliphatic imine (C=N–C) groups is 1. The SMILES string of the molecule is CCCN=C(NN)N(CC)Cc1cccc(C)n1. The van der Waals surface area contributed by atoms with Gasteiger partial charge in [0.1, 0.15) is 0 Å². The molecule has 0 atom stereocenters. The first-order valence-corrected chi connectivity index (χ1v) is 6.39. The quantitative estimate of drug-likeness (QED) is 0.359. The van der Waals surface area contributed by atoms with Crippen molar-refractivity contribution in [3.63, 3.8) is 0 Å². The number of nitrogens with two attached hydrogens (primary N) is 1. The van der Waals surface area contributed by atoms with Gasteiger partial charge in [0.25, 0.3) is 0 Å². The first-order chi connectivity index (χ1) is 8.71. The van der Waals surface area contributed by atoms with Crippen LogP contribution in [0.4, 0.5) is 0 Å². The Morgan fingerprint density at radius 3 is 2.78 bits per heavy atom. The van der Waals surface area contributed by atoms with Crippen LogP contribution in [0.1, 0.15) is 31.7 Å². The summed E-state index contributed by atoms with van der Waals surface area (Å²) in [7, 11) is 0. The van der Waals surface area contributed by atoms with Crippen molar-refractivity contribution >= 4 is 5.96 Å². The summed E-state index contributed by atoms with van der Waals surface area (Å²) >= 11 is 0. The van der Waals surface area contributed by atoms with Crippen molar-refractivity contribution < 1.29 is 0 Å². The Hall–Kier alpha value is -1.62. The molecule has 0 unspecified atom stereocenters. The van der Waals surface area contributed by atoms with E-state index in [9.17, 15) is 0 Å². The molecule has 1 rings (SSSR count). The lowest BCUT2D eigenvalue weighted by atomic mass is 10.3. The van der Waals surface area contributed by atoms with E-state index >= 15 is 0 Å². The number of hydrazine groups is 1. The Morgan fingerprint density at radius 1 is 1.44 bits per heavy atom. The molecular formula is C13H23N5. The van der Waals surface area contributed by atoms with E-state index < -0.39 is 0 Å². The fourth-order valence-electron chi connectivity index (χ4n) is 1.67. The van der Waals surface area contributed by atoms with Crippen LogP contribution in [0.5, 0.6) is 0 Å². The summed E-state index contributed by atoms with van der Waals surface area (Å²) in [5, 5.41) is 0. The zero-order valence-corrected chi connectivity index (χ0v) is 11.5. The maximum atomic E-state index is 5.53. The predicted octanol–water partition coefficient (Wildman–Crippen LogP) is 1.44. The van der Waals surface area contributed by atoms with Gasteiger partial charge in [-0.15, -0.1) is 0 Å². The highest BCUT2D eigenvalue weighted by Crippen LogP contribution is 2.03. The van der Waals surface area contributed by atoms with Gasteiger partial charge in [-0.25, -0.2) is 5.84 Å². The second kappa shape index (κ2) is 7.66. The topological polar surface area (TPSA) is 66.5 Å². The minimum absolute atomic E-state index is 0.713. The summed E-state index contributed by atoms with van der Waals surface area (Å²) in [6, 6.07) is 6.03. The number of aromatic nitrogens is 1. The van der Waals surface area contributed by atoms with E-state index in [2.05, 4.69) is 34.1 Å². The number of nitrogens with zero attached hydrogens (tertiary/aromatic N) is 3. The lowest BCUT2D eigenvalue weighted by molar-refractivity contribution is 0.411. The summed E-state index contributed by atoms with van der Waals surface area (Å²) in [6.07, 6.45) is 1.01. The summed E-state index contributed by atoms with van der Waals surface area (Å²) in [5.41, 5.74) is 4.72. The van der Waals surface area contributed by atoms with E-state index in [-0.39, 0.29) is 0 Å². The molecule has 18 heavy (non-hydrogen) atoms. The third kappa shape index (κ3) is 4.33. The van der Waals surface area contributed by atoms with Crippen molar-refractivity contribution in [1.82, 2.24) is 15.3 Å². The molecule has 1 aromatic heterocycles. The molecule has 0 bridgehead atoms. The number of hydrogen-bond acceptors (Lipinski definition) is 3. The van der Waals surface area contributed by atoms with Gasteiger partial charge in [0.2, 0.25) is 5.96 Å². The smallest absolute Gasteiger partial charge is 0.208 e. The first kappa shape index (κ1) is 14.4. The fraction of sp³-hybridized carbons (Fsp3) is 0.538. The summed E-state index contributed by atoms with van der Waals surface area (Å²) in [5.74, 6) is 6.26. The highest BCUT2D eigenvalue weighted by Gasteiger charge is 2.09. The maximum absolute atomic E-state index is 5.53. The lowest BCUT2D eigenvalue weighted by Crippen LogP contribution is -2.44. The second-order valence-electron chi connectivity index (χ2n) is 4.13. The Morgan fingerprint density at radius 2 is 2.22 bits per heavy atom. The van der Waals surface area contributed by atoms with Gasteiger partial charge in [0.05, 0.1) is 12.2 Å². The molecule has 0 saturated carbocycles. The Bertz CT molecular complexity index is 389. The van der Waals surface area contributed by atoms with Crippen molar-refractivity contribution in [3.05, 3.63) is 29.6 Å². The van der Waals surface area contributed by atoms with Crippen LogP contribution in [0.2, 0.25) is 0 Å². The molecule has 0 aromatic carbocycles. The summed E-state index contributed by atoms with van der Waals surface area (Å²) in [6.45, 7) is 8.49. The van der Waals surface area contributed by atoms with Crippen molar-refractivity contribution in [2.45, 2.75) is 33.7 Å². The van der Waals surface area contributed by atoms with E-state index in [1.807, 2.05) is 25.1 Å². The zero-order chi connectivity index (χ0) is 13.4. The highest BCUT2D eigenvalue weighted by atomic mass is 15.4. The molecule has 0 radical (unpaired) electrons. The fourth-order valence-corrected chi connectivity index (χ4v) is 1.67. The van der Waals surface area contributed by atoms with Crippen LogP contribution in [-0.4, -0.2) is 28.9 Å². The normalized spacial score (nSPS) is 11.4. The average molecular weight is 249 g/mol. The summed E-state index contributed by atoms with van der Waals surface area (Å²) in [4.78, 5) is 11.0. The van der Waals surface area contributed by atoms with Crippen LogP contribution in [0.25, 0.3) is 0 Å². The predicted molar refractivity (Wildman–Crippen MR) is 75.0 cm³/mol. The third-order valence-electron chi connectivity index (χ3n) is 2.59. The van der Waals surface area contributed by atoms with Gasteiger partial charge in [-0.2, -0.15) is 0 Å². The average Bonchev–Trinajstić information content (AvgIpc) is 2.38.